The molecule has 0 atom stereocenters. The van der Waals surface area contributed by atoms with Gasteiger partial charge in [0.1, 0.15) is 5.82 Å². The van der Waals surface area contributed by atoms with Crippen LogP contribution in [-0.4, -0.2) is 17.3 Å². The van der Waals surface area contributed by atoms with E-state index >= 15 is 0 Å². The average Bonchev–Trinajstić information content (AvgIpc) is 2.29. The number of aliphatic hydroxyl groups excluding tert-OH is 1. The summed E-state index contributed by atoms with van der Waals surface area (Å²) in [5.74, 6) is -0.230. The summed E-state index contributed by atoms with van der Waals surface area (Å²) in [5.41, 5.74) is 1.89. The molecule has 0 saturated heterocycles. The molecule has 1 saturated carbocycles. The van der Waals surface area contributed by atoms with E-state index in [0.717, 1.165) is 36.9 Å². The molecule has 2 rings (SSSR count). The van der Waals surface area contributed by atoms with Gasteiger partial charge in [-0.15, -0.1) is 0 Å². The molecule has 0 bridgehead atoms. The van der Waals surface area contributed by atoms with Crippen molar-refractivity contribution in [2.24, 2.45) is 0 Å². The van der Waals surface area contributed by atoms with E-state index in [-0.39, 0.29) is 11.9 Å². The van der Waals surface area contributed by atoms with Crippen LogP contribution in [0, 0.1) is 12.7 Å². The van der Waals surface area contributed by atoms with Gasteiger partial charge in [0.25, 0.3) is 0 Å². The Kier molecular flexibility index (Phi) is 4.05. The van der Waals surface area contributed by atoms with Gasteiger partial charge in [-0.2, -0.15) is 0 Å². The second kappa shape index (κ2) is 5.36. The van der Waals surface area contributed by atoms with Crippen molar-refractivity contribution >= 4 is 21.6 Å². The lowest BCUT2D eigenvalue weighted by Crippen LogP contribution is -2.28. The number of rotatable bonds is 2. The highest BCUT2D eigenvalue weighted by molar-refractivity contribution is 9.10. The zero-order valence-electron chi connectivity index (χ0n) is 9.84. The standard InChI is InChI=1S/C13H17BrFNO/c1-8-6-12(15)11(14)7-13(8)16-9-2-4-10(17)5-3-9/h6-7,9-10,16-17H,2-5H2,1H3. The molecule has 17 heavy (non-hydrogen) atoms. The molecule has 0 heterocycles. The summed E-state index contributed by atoms with van der Waals surface area (Å²) in [6, 6.07) is 3.70. The van der Waals surface area contributed by atoms with Crippen molar-refractivity contribution in [3.8, 4) is 0 Å². The minimum absolute atomic E-state index is 0.144. The van der Waals surface area contributed by atoms with E-state index in [9.17, 15) is 9.50 Å². The molecular weight excluding hydrogens is 285 g/mol. The fraction of sp³-hybridized carbons (Fsp3) is 0.538. The third kappa shape index (κ3) is 3.19. The lowest BCUT2D eigenvalue weighted by Gasteiger charge is -2.27. The van der Waals surface area contributed by atoms with Gasteiger partial charge in [-0.05, 0) is 66.2 Å². The van der Waals surface area contributed by atoms with Crippen LogP contribution in [0.3, 0.4) is 0 Å². The van der Waals surface area contributed by atoms with Crippen LogP contribution in [0.15, 0.2) is 16.6 Å². The second-order valence-corrected chi connectivity index (χ2v) is 5.59. The van der Waals surface area contributed by atoms with Crippen molar-refractivity contribution in [3.63, 3.8) is 0 Å². The van der Waals surface area contributed by atoms with Crippen LogP contribution in [-0.2, 0) is 0 Å². The minimum atomic E-state index is -0.230. The molecule has 1 fully saturated rings. The van der Waals surface area contributed by atoms with Crippen LogP contribution < -0.4 is 5.32 Å². The summed E-state index contributed by atoms with van der Waals surface area (Å²) in [4.78, 5) is 0. The third-order valence-electron chi connectivity index (χ3n) is 3.32. The number of aryl methyl sites for hydroxylation is 1. The highest BCUT2D eigenvalue weighted by Crippen LogP contribution is 2.27. The molecule has 1 aliphatic carbocycles. The minimum Gasteiger partial charge on any atom is -0.393 e. The Bertz CT molecular complexity index is 403. The molecule has 1 aliphatic rings. The Morgan fingerprint density at radius 2 is 1.94 bits per heavy atom. The zero-order chi connectivity index (χ0) is 12.4. The Morgan fingerprint density at radius 3 is 2.59 bits per heavy atom. The maximum atomic E-state index is 13.3. The summed E-state index contributed by atoms with van der Waals surface area (Å²) in [7, 11) is 0. The quantitative estimate of drug-likeness (QED) is 0.874. The maximum absolute atomic E-state index is 13.3. The van der Waals surface area contributed by atoms with E-state index in [2.05, 4.69) is 21.2 Å². The number of nitrogens with one attached hydrogen (secondary N) is 1. The number of anilines is 1. The van der Waals surface area contributed by atoms with Gasteiger partial charge in [-0.25, -0.2) is 4.39 Å². The van der Waals surface area contributed by atoms with Crippen molar-refractivity contribution in [2.45, 2.75) is 44.8 Å². The average molecular weight is 302 g/mol. The van der Waals surface area contributed by atoms with Gasteiger partial charge >= 0.3 is 0 Å². The Balaban J connectivity index is 2.06. The van der Waals surface area contributed by atoms with E-state index in [0.29, 0.717) is 10.5 Å². The van der Waals surface area contributed by atoms with Crippen molar-refractivity contribution in [3.05, 3.63) is 28.0 Å². The first-order chi connectivity index (χ1) is 8.06. The molecule has 0 radical (unpaired) electrons. The topological polar surface area (TPSA) is 32.3 Å². The molecule has 1 aromatic carbocycles. The zero-order valence-corrected chi connectivity index (χ0v) is 11.4. The Morgan fingerprint density at radius 1 is 1.29 bits per heavy atom. The molecule has 0 spiro atoms. The highest BCUT2D eigenvalue weighted by atomic mass is 79.9. The van der Waals surface area contributed by atoms with Crippen molar-refractivity contribution in [1.82, 2.24) is 0 Å². The second-order valence-electron chi connectivity index (χ2n) is 4.73. The molecule has 94 valence electrons. The summed E-state index contributed by atoms with van der Waals surface area (Å²) < 4.78 is 13.8. The summed E-state index contributed by atoms with van der Waals surface area (Å²) >= 11 is 3.20. The normalized spacial score (nSPS) is 24.7. The Hall–Kier alpha value is -0.610. The fourth-order valence-corrected chi connectivity index (χ4v) is 2.59. The predicted molar refractivity (Wildman–Crippen MR) is 70.7 cm³/mol. The van der Waals surface area contributed by atoms with E-state index < -0.39 is 0 Å². The largest absolute Gasteiger partial charge is 0.393 e. The number of aliphatic hydroxyl groups is 1. The van der Waals surface area contributed by atoms with Gasteiger partial charge in [-0.3, -0.25) is 0 Å². The van der Waals surface area contributed by atoms with E-state index in [1.165, 1.54) is 6.07 Å². The molecule has 0 unspecified atom stereocenters. The van der Waals surface area contributed by atoms with Gasteiger partial charge in [0.05, 0.1) is 10.6 Å². The van der Waals surface area contributed by atoms with E-state index in [1.54, 1.807) is 6.07 Å². The number of halogens is 2. The number of benzene rings is 1. The van der Waals surface area contributed by atoms with Crippen molar-refractivity contribution in [1.29, 1.82) is 0 Å². The fourth-order valence-electron chi connectivity index (χ4n) is 2.24. The summed E-state index contributed by atoms with van der Waals surface area (Å²) in [6.45, 7) is 1.90. The van der Waals surface area contributed by atoms with E-state index in [1.807, 2.05) is 6.92 Å². The van der Waals surface area contributed by atoms with E-state index in [4.69, 9.17) is 0 Å². The maximum Gasteiger partial charge on any atom is 0.137 e. The molecule has 2 nitrogen and oxygen atoms in total. The summed E-state index contributed by atoms with van der Waals surface area (Å²) in [5, 5.41) is 12.9. The molecule has 0 aromatic heterocycles. The lowest BCUT2D eigenvalue weighted by molar-refractivity contribution is 0.126. The van der Waals surface area contributed by atoms with Crippen LogP contribution >= 0.6 is 15.9 Å². The first-order valence-electron chi connectivity index (χ1n) is 5.96. The predicted octanol–water partition coefficient (Wildman–Crippen LogP) is 3.61. The monoisotopic (exact) mass is 301 g/mol. The Labute approximate surface area is 109 Å². The van der Waals surface area contributed by atoms with Gasteiger partial charge in [0, 0.05) is 11.7 Å². The highest BCUT2D eigenvalue weighted by Gasteiger charge is 2.19. The smallest absolute Gasteiger partial charge is 0.137 e. The first-order valence-corrected chi connectivity index (χ1v) is 6.76. The van der Waals surface area contributed by atoms with Crippen molar-refractivity contribution < 1.29 is 9.50 Å². The van der Waals surface area contributed by atoms with Crippen molar-refractivity contribution in [2.75, 3.05) is 5.32 Å². The van der Waals surface area contributed by atoms with Gasteiger partial charge in [0.2, 0.25) is 0 Å². The van der Waals surface area contributed by atoms with Crippen LogP contribution in [0.25, 0.3) is 0 Å². The molecule has 0 aliphatic heterocycles. The van der Waals surface area contributed by atoms with Crippen LogP contribution in [0.5, 0.6) is 0 Å². The molecule has 2 N–H and O–H groups in total. The first kappa shape index (κ1) is 12.8. The number of hydrogen-bond acceptors (Lipinski definition) is 2. The molecule has 4 heteroatoms. The molecule has 1 aromatic rings. The van der Waals surface area contributed by atoms with Gasteiger partial charge in [0.15, 0.2) is 0 Å². The van der Waals surface area contributed by atoms with Crippen LogP contribution in [0.4, 0.5) is 10.1 Å². The lowest BCUT2D eigenvalue weighted by atomic mass is 9.93. The van der Waals surface area contributed by atoms with Gasteiger partial charge < -0.3 is 10.4 Å². The molecule has 0 amide bonds. The van der Waals surface area contributed by atoms with Gasteiger partial charge in [-0.1, -0.05) is 0 Å². The summed E-state index contributed by atoms with van der Waals surface area (Å²) in [6.07, 6.45) is 3.48. The third-order valence-corrected chi connectivity index (χ3v) is 3.93. The number of hydrogen-bond donors (Lipinski definition) is 2. The van der Waals surface area contributed by atoms with Crippen LogP contribution in [0.2, 0.25) is 0 Å². The molecular formula is C13H17BrFNO. The SMILES string of the molecule is Cc1cc(F)c(Br)cc1NC1CCC(O)CC1. The van der Waals surface area contributed by atoms with Crippen LogP contribution in [0.1, 0.15) is 31.2 Å².